The molecule has 3 heterocycles. The van der Waals surface area contributed by atoms with Crippen molar-refractivity contribution in [2.24, 2.45) is 0 Å². The molecule has 3 aliphatic heterocycles. The van der Waals surface area contributed by atoms with Gasteiger partial charge in [-0.05, 0) is 73.9 Å². The van der Waals surface area contributed by atoms with E-state index < -0.39 is 129 Å². The first-order chi connectivity index (χ1) is 42.3. The molecule has 6 aromatic carbocycles. The third-order valence-electron chi connectivity index (χ3n) is 15.0. The maximum Gasteiger partial charge on any atom is 0.297 e. The number of hydrogen-bond donors (Lipinski definition) is 2. The molecule has 3 saturated heterocycles. The average molecular weight is 1280 g/mol. The van der Waals surface area contributed by atoms with E-state index in [0.717, 1.165) is 33.4 Å². The zero-order valence-corrected chi connectivity index (χ0v) is 51.7. The van der Waals surface area contributed by atoms with Crippen LogP contribution in [0.25, 0.3) is 0 Å². The predicted octanol–water partition coefficient (Wildman–Crippen LogP) is 6.23. The number of aliphatic hydroxyl groups is 2. The molecule has 15 atom stereocenters. The molecule has 0 aliphatic carbocycles. The molecule has 3 fully saturated rings. The van der Waals surface area contributed by atoms with Gasteiger partial charge in [0.2, 0.25) is 0 Å². The van der Waals surface area contributed by atoms with E-state index >= 15 is 0 Å². The van der Waals surface area contributed by atoms with Crippen LogP contribution in [0.5, 0.6) is 0 Å². The standard InChI is InChI=1S/C63H74O22S3/c1-40-22-28-46(29-23-40)86(66,67)83-58-56(73-5)53(50(78-61(58)65)38-76-35-44-18-12-8-13-19-44)81-63-60(85-88(70,71)48-32-26-42(3)27-33-48)57(74-6)54(51(80-63)39-77-36-45-20-14-9-15-21-45)82-62-59(84-87(68,69)47-30-24-41(2)25-31-47)55(72-4)52(64)49(79-62)37-75-34-43-16-10-7-11-17-43/h7-33,49-65H,34-39H2,1-6H3/t49-,50-,51-,52-,53-,54-,55+,56+,57+,58+,59+,60+,61+,62-,63-/m1/s1. The molecule has 0 saturated carbocycles. The number of ether oxygens (including phenoxy) is 11. The van der Waals surface area contributed by atoms with Crippen molar-refractivity contribution in [3.8, 4) is 0 Å². The van der Waals surface area contributed by atoms with E-state index in [0.29, 0.717) is 0 Å². The van der Waals surface area contributed by atoms with E-state index in [9.17, 15) is 35.5 Å². The lowest BCUT2D eigenvalue weighted by Gasteiger charge is -2.50. The number of aliphatic hydroxyl groups excluding tert-OH is 2. The molecule has 0 amide bonds. The lowest BCUT2D eigenvalue weighted by atomic mass is 9.95. The number of hydrogen-bond acceptors (Lipinski definition) is 22. The van der Waals surface area contributed by atoms with Crippen LogP contribution in [0.1, 0.15) is 33.4 Å². The summed E-state index contributed by atoms with van der Waals surface area (Å²) in [4.78, 5) is -0.785. The quantitative estimate of drug-likeness (QED) is 0.0515. The van der Waals surface area contributed by atoms with E-state index in [1.54, 1.807) is 57.2 Å². The lowest BCUT2D eigenvalue weighted by molar-refractivity contribution is -0.377. The maximum atomic E-state index is 14.8. The Bertz CT molecular complexity index is 3460. The van der Waals surface area contributed by atoms with Gasteiger partial charge in [-0.1, -0.05) is 144 Å². The van der Waals surface area contributed by atoms with Gasteiger partial charge in [-0.2, -0.15) is 25.3 Å². The van der Waals surface area contributed by atoms with Crippen molar-refractivity contribution in [3.05, 3.63) is 197 Å². The molecule has 0 aromatic heterocycles. The van der Waals surface area contributed by atoms with Gasteiger partial charge in [0.15, 0.2) is 37.2 Å². The Balaban J connectivity index is 1.13. The Morgan fingerprint density at radius 3 is 1.03 bits per heavy atom. The second kappa shape index (κ2) is 30.6. The summed E-state index contributed by atoms with van der Waals surface area (Å²) < 4.78 is 175. The fourth-order valence-electron chi connectivity index (χ4n) is 10.4. The van der Waals surface area contributed by atoms with Crippen molar-refractivity contribution in [2.45, 2.75) is 147 Å². The first kappa shape index (κ1) is 66.9. The van der Waals surface area contributed by atoms with Crippen molar-refractivity contribution >= 4 is 30.4 Å². The van der Waals surface area contributed by atoms with Gasteiger partial charge in [-0.3, -0.25) is 12.5 Å². The largest absolute Gasteiger partial charge is 0.387 e. The summed E-state index contributed by atoms with van der Waals surface area (Å²) in [5.74, 6) is 0. The second-order valence-corrected chi connectivity index (χ2v) is 26.1. The molecular formula is C63H74O22S3. The zero-order valence-electron chi connectivity index (χ0n) is 49.3. The van der Waals surface area contributed by atoms with Crippen molar-refractivity contribution in [1.29, 1.82) is 0 Å². The van der Waals surface area contributed by atoms with Gasteiger partial charge < -0.3 is 62.3 Å². The van der Waals surface area contributed by atoms with Gasteiger partial charge in [0.1, 0.15) is 54.9 Å². The molecule has 2 N–H and O–H groups in total. The minimum Gasteiger partial charge on any atom is -0.387 e. The monoisotopic (exact) mass is 1280 g/mol. The predicted molar refractivity (Wildman–Crippen MR) is 314 cm³/mol. The Kier molecular flexibility index (Phi) is 23.2. The summed E-state index contributed by atoms with van der Waals surface area (Å²) in [6, 6.07) is 44.8. The van der Waals surface area contributed by atoms with Crippen LogP contribution in [0, 0.1) is 20.8 Å². The van der Waals surface area contributed by atoms with E-state index in [1.807, 2.05) is 91.0 Å². The average Bonchev–Trinajstić information content (AvgIpc) is 2.91. The fraction of sp³-hybridized carbons (Fsp3) is 0.429. The number of methoxy groups -OCH3 is 3. The summed E-state index contributed by atoms with van der Waals surface area (Å²) >= 11 is 0. The van der Waals surface area contributed by atoms with Gasteiger partial charge >= 0.3 is 0 Å². The summed E-state index contributed by atoms with van der Waals surface area (Å²) in [6.45, 7) is 4.41. The van der Waals surface area contributed by atoms with E-state index in [-0.39, 0.29) is 47.7 Å². The van der Waals surface area contributed by atoms with E-state index in [2.05, 4.69) is 0 Å². The third-order valence-corrected chi connectivity index (χ3v) is 19.0. The normalized spacial score (nSPS) is 27.9. The Morgan fingerprint density at radius 2 is 0.670 bits per heavy atom. The first-order valence-corrected chi connectivity index (χ1v) is 32.6. The van der Waals surface area contributed by atoms with Crippen LogP contribution in [0.3, 0.4) is 0 Å². The van der Waals surface area contributed by atoms with Gasteiger partial charge in [0.25, 0.3) is 30.4 Å². The topological polar surface area (TPSA) is 272 Å². The minimum absolute atomic E-state index is 0.00699. The smallest absolute Gasteiger partial charge is 0.297 e. The summed E-state index contributed by atoms with van der Waals surface area (Å²) in [6.07, 6.45) is -25.0. The minimum atomic E-state index is -4.87. The number of benzene rings is 6. The maximum absolute atomic E-state index is 14.8. The molecule has 22 nitrogen and oxygen atoms in total. The van der Waals surface area contributed by atoms with Gasteiger partial charge in [-0.15, -0.1) is 0 Å². The van der Waals surface area contributed by atoms with E-state index in [1.165, 1.54) is 57.7 Å². The molecule has 25 heteroatoms. The first-order valence-electron chi connectivity index (χ1n) is 28.3. The molecule has 88 heavy (non-hydrogen) atoms. The van der Waals surface area contributed by atoms with Crippen LogP contribution in [-0.4, -0.2) is 169 Å². The van der Waals surface area contributed by atoms with Crippen LogP contribution in [0.4, 0.5) is 0 Å². The molecule has 0 unspecified atom stereocenters. The fourth-order valence-corrected chi connectivity index (χ4v) is 13.6. The van der Waals surface area contributed by atoms with Crippen LogP contribution in [-0.2, 0) is 115 Å². The molecule has 0 radical (unpaired) electrons. The van der Waals surface area contributed by atoms with Gasteiger partial charge in [0, 0.05) is 21.3 Å². The second-order valence-electron chi connectivity index (χ2n) is 21.4. The third kappa shape index (κ3) is 16.9. The number of aryl methyl sites for hydroxylation is 3. The summed E-state index contributed by atoms with van der Waals surface area (Å²) in [5, 5.41) is 23.7. The molecule has 0 bridgehead atoms. The van der Waals surface area contributed by atoms with Crippen molar-refractivity contribution < 1.29 is 100 Å². The SMILES string of the molecule is CO[C@@H]1[C@H](OS(=O)(=O)c2ccc(C)cc2)[C@@H](O[C@H]2[C@H](OC)[C@H](OS(=O)(=O)c3ccc(C)cc3)[C@@H](O)O[C@@H]2COCc2ccccc2)O[C@H](COCc2ccccc2)[C@H]1O[C@H]1O[C@H](COCc2ccccc2)[C@@H](O)[C@H](OC)[C@@H]1OS(=O)(=O)c1ccc(C)cc1. The van der Waals surface area contributed by atoms with Crippen molar-refractivity contribution in [2.75, 3.05) is 41.2 Å². The molecule has 476 valence electrons. The van der Waals surface area contributed by atoms with Gasteiger partial charge in [0.05, 0.1) is 54.3 Å². The Labute approximate surface area is 513 Å². The van der Waals surface area contributed by atoms with Gasteiger partial charge in [-0.25, -0.2) is 0 Å². The van der Waals surface area contributed by atoms with Crippen molar-refractivity contribution in [1.82, 2.24) is 0 Å². The molecular weight excluding hydrogens is 1200 g/mol. The Hall–Kier alpha value is -5.47. The van der Waals surface area contributed by atoms with Crippen LogP contribution in [0.15, 0.2) is 178 Å². The van der Waals surface area contributed by atoms with Crippen LogP contribution >= 0.6 is 0 Å². The van der Waals surface area contributed by atoms with Crippen LogP contribution < -0.4 is 0 Å². The molecule has 0 spiro atoms. The molecule has 9 rings (SSSR count). The highest BCUT2D eigenvalue weighted by atomic mass is 32.2. The summed E-state index contributed by atoms with van der Waals surface area (Å²) in [7, 11) is -10.6. The molecule has 3 aliphatic rings. The lowest BCUT2D eigenvalue weighted by Crippen LogP contribution is -2.68. The number of rotatable bonds is 28. The molecule has 6 aromatic rings. The summed E-state index contributed by atoms with van der Waals surface area (Å²) in [5.41, 5.74) is 4.55. The highest BCUT2D eigenvalue weighted by Crippen LogP contribution is 2.39. The Morgan fingerprint density at radius 1 is 0.364 bits per heavy atom. The highest BCUT2D eigenvalue weighted by Gasteiger charge is 2.58. The van der Waals surface area contributed by atoms with Crippen molar-refractivity contribution in [3.63, 3.8) is 0 Å². The highest BCUT2D eigenvalue weighted by molar-refractivity contribution is 7.87. The van der Waals surface area contributed by atoms with Crippen LogP contribution in [0.2, 0.25) is 0 Å². The van der Waals surface area contributed by atoms with E-state index in [4.69, 9.17) is 64.7 Å². The zero-order chi connectivity index (χ0) is 62.6.